The van der Waals surface area contributed by atoms with Crippen molar-refractivity contribution in [1.82, 2.24) is 24.4 Å². The maximum absolute atomic E-state index is 14.6. The molecule has 8 nitrogen and oxygen atoms in total. The fraction of sp³-hybridized carbons (Fsp3) is 0.0667. The minimum absolute atomic E-state index is 0.138. The Labute approximate surface area is 231 Å². The molecule has 6 rings (SSSR count). The van der Waals surface area contributed by atoms with Crippen molar-refractivity contribution in [1.29, 1.82) is 0 Å². The Kier molecular flexibility index (Phi) is 6.67. The molecule has 3 aromatic heterocycles. The van der Waals surface area contributed by atoms with E-state index >= 15 is 0 Å². The highest BCUT2D eigenvalue weighted by Gasteiger charge is 2.16. The van der Waals surface area contributed by atoms with Gasteiger partial charge in [-0.25, -0.2) is 9.07 Å². The normalized spacial score (nSPS) is 11.7. The van der Waals surface area contributed by atoms with Crippen LogP contribution in [0.1, 0.15) is 5.56 Å². The molecule has 3 heterocycles. The molecule has 0 aliphatic rings. The second-order valence-corrected chi connectivity index (χ2v) is 9.74. The predicted molar refractivity (Wildman–Crippen MR) is 153 cm³/mol. The summed E-state index contributed by atoms with van der Waals surface area (Å²) in [6, 6.07) is 21.5. The minimum atomic E-state index is -0.503. The van der Waals surface area contributed by atoms with E-state index < -0.39 is 5.82 Å². The average molecular weight is 552 g/mol. The van der Waals surface area contributed by atoms with Gasteiger partial charge in [0.15, 0.2) is 17.4 Å². The zero-order chi connectivity index (χ0) is 27.6. The number of para-hydroxylation sites is 1. The van der Waals surface area contributed by atoms with Crippen LogP contribution >= 0.6 is 11.3 Å². The van der Waals surface area contributed by atoms with Crippen LogP contribution in [0.2, 0.25) is 0 Å². The van der Waals surface area contributed by atoms with Crippen LogP contribution < -0.4 is 19.6 Å². The van der Waals surface area contributed by atoms with Crippen molar-refractivity contribution in [2.75, 3.05) is 13.7 Å². The lowest BCUT2D eigenvalue weighted by Crippen LogP contribution is -2.23. The Bertz CT molecular complexity index is 1950. The van der Waals surface area contributed by atoms with Gasteiger partial charge >= 0.3 is 0 Å². The van der Waals surface area contributed by atoms with Crippen molar-refractivity contribution < 1.29 is 13.9 Å². The van der Waals surface area contributed by atoms with Crippen molar-refractivity contribution in [3.8, 4) is 39.8 Å². The van der Waals surface area contributed by atoms with Crippen LogP contribution in [0.15, 0.2) is 96.4 Å². The molecule has 0 saturated heterocycles. The molecule has 198 valence electrons. The van der Waals surface area contributed by atoms with E-state index in [1.54, 1.807) is 29.0 Å². The maximum Gasteiger partial charge on any atom is 0.291 e. The predicted octanol–water partition coefficient (Wildman–Crippen LogP) is 4.93. The molecule has 0 atom stereocenters. The van der Waals surface area contributed by atoms with Crippen molar-refractivity contribution in [2.45, 2.75) is 0 Å². The molecule has 0 bridgehead atoms. The van der Waals surface area contributed by atoms with Crippen LogP contribution in [-0.4, -0.2) is 38.1 Å². The summed E-state index contributed by atoms with van der Waals surface area (Å²) in [6.07, 6.45) is 5.22. The number of thiazole rings is 1. The highest BCUT2D eigenvalue weighted by molar-refractivity contribution is 7.15. The van der Waals surface area contributed by atoms with Gasteiger partial charge < -0.3 is 9.47 Å². The first kappa shape index (κ1) is 25.2. The molecule has 0 fully saturated rings. The van der Waals surface area contributed by atoms with Crippen LogP contribution in [-0.2, 0) is 0 Å². The number of hydrogen-bond donors (Lipinski definition) is 0. The lowest BCUT2D eigenvalue weighted by molar-refractivity contribution is 0.363. The number of halogens is 1. The largest absolute Gasteiger partial charge is 0.494 e. The summed E-state index contributed by atoms with van der Waals surface area (Å²) >= 11 is 1.22. The molecule has 0 saturated carbocycles. The topological polar surface area (TPSA) is 83.5 Å². The highest BCUT2D eigenvalue weighted by atomic mass is 32.1. The molecule has 0 radical (unpaired) electrons. The minimum Gasteiger partial charge on any atom is -0.494 e. The van der Waals surface area contributed by atoms with E-state index in [0.29, 0.717) is 44.5 Å². The monoisotopic (exact) mass is 551 g/mol. The highest BCUT2D eigenvalue weighted by Crippen LogP contribution is 2.28. The first-order chi connectivity index (χ1) is 19.5. The molecule has 0 N–H and O–H groups in total. The molecular weight excluding hydrogens is 529 g/mol. The van der Waals surface area contributed by atoms with Gasteiger partial charge in [0.25, 0.3) is 5.56 Å². The van der Waals surface area contributed by atoms with Gasteiger partial charge in [0.05, 0.1) is 17.3 Å². The van der Waals surface area contributed by atoms with Crippen LogP contribution in [0, 0.1) is 5.82 Å². The summed E-state index contributed by atoms with van der Waals surface area (Å²) in [4.78, 5) is 18.4. The van der Waals surface area contributed by atoms with Gasteiger partial charge in [-0.3, -0.25) is 4.79 Å². The Balaban J connectivity index is 1.41. The zero-order valence-electron chi connectivity index (χ0n) is 21.3. The Morgan fingerprint density at radius 1 is 1.02 bits per heavy atom. The molecule has 3 aromatic carbocycles. The van der Waals surface area contributed by atoms with Crippen molar-refractivity contribution in [3.05, 3.63) is 118 Å². The first-order valence-corrected chi connectivity index (χ1v) is 13.1. The number of rotatable bonds is 8. The number of methoxy groups -OCH3 is 1. The van der Waals surface area contributed by atoms with Crippen LogP contribution in [0.25, 0.3) is 39.4 Å². The van der Waals surface area contributed by atoms with Gasteiger partial charge in [0.2, 0.25) is 4.96 Å². The van der Waals surface area contributed by atoms with E-state index in [4.69, 9.17) is 14.6 Å². The molecule has 0 aliphatic heterocycles. The van der Waals surface area contributed by atoms with Crippen LogP contribution in [0.4, 0.5) is 4.39 Å². The molecule has 0 aliphatic carbocycles. The number of nitrogens with zero attached hydrogens (tertiary/aromatic N) is 5. The number of ether oxygens (including phenoxy) is 2. The van der Waals surface area contributed by atoms with E-state index in [-0.39, 0.29) is 11.3 Å². The lowest BCUT2D eigenvalue weighted by atomic mass is 10.1. The molecule has 40 heavy (non-hydrogen) atoms. The summed E-state index contributed by atoms with van der Waals surface area (Å²) in [6.45, 7) is 4.06. The summed E-state index contributed by atoms with van der Waals surface area (Å²) < 4.78 is 28.6. The molecule has 0 unspecified atom stereocenters. The number of hydrogen-bond acceptors (Lipinski definition) is 7. The Morgan fingerprint density at radius 3 is 2.50 bits per heavy atom. The Morgan fingerprint density at radius 2 is 1.80 bits per heavy atom. The van der Waals surface area contributed by atoms with E-state index in [1.807, 2.05) is 60.8 Å². The third-order valence-corrected chi connectivity index (χ3v) is 7.10. The van der Waals surface area contributed by atoms with Crippen molar-refractivity contribution in [2.24, 2.45) is 0 Å². The SMILES string of the molecule is C=CCOc1ccc(-c2nc3s/c(=C\c4cn(-c5ccccc5)nc4-c4ccc(OC)c(F)c4)c(=O)n3n2)cc1. The van der Waals surface area contributed by atoms with Crippen LogP contribution in [0.5, 0.6) is 11.5 Å². The third kappa shape index (κ3) is 4.76. The number of benzene rings is 3. The van der Waals surface area contributed by atoms with E-state index in [1.165, 1.54) is 29.0 Å². The standard InChI is InChI=1S/C30H22FN5O3S/c1-3-15-39-23-12-9-19(10-13-23)28-32-30-36(34-28)29(37)26(40-30)17-21-18-35(22-7-5-4-6-8-22)33-27(21)20-11-14-25(38-2)24(31)16-20/h3-14,16-18H,1,15H2,2H3/b26-17-. The van der Waals surface area contributed by atoms with E-state index in [9.17, 15) is 9.18 Å². The van der Waals surface area contributed by atoms with E-state index in [2.05, 4.69) is 16.7 Å². The van der Waals surface area contributed by atoms with Crippen molar-refractivity contribution in [3.63, 3.8) is 0 Å². The van der Waals surface area contributed by atoms with Gasteiger partial charge in [-0.2, -0.15) is 14.6 Å². The second kappa shape index (κ2) is 10.6. The summed E-state index contributed by atoms with van der Waals surface area (Å²) in [5.74, 6) is 0.779. The Hall–Kier alpha value is -5.09. The van der Waals surface area contributed by atoms with E-state index in [0.717, 1.165) is 11.3 Å². The molecular formula is C30H22FN5O3S. The molecule has 10 heteroatoms. The number of fused-ring (bicyclic) bond motifs is 1. The number of aromatic nitrogens is 5. The van der Waals surface area contributed by atoms with Gasteiger partial charge in [-0.1, -0.05) is 42.2 Å². The first-order valence-electron chi connectivity index (χ1n) is 12.3. The van der Waals surface area contributed by atoms with Gasteiger partial charge in [-0.15, -0.1) is 5.10 Å². The zero-order valence-corrected chi connectivity index (χ0v) is 22.1. The van der Waals surface area contributed by atoms with Crippen LogP contribution in [0.3, 0.4) is 0 Å². The molecule has 0 amide bonds. The van der Waals surface area contributed by atoms with Crippen molar-refractivity contribution >= 4 is 22.4 Å². The summed E-state index contributed by atoms with van der Waals surface area (Å²) in [5.41, 5.74) is 3.00. The van der Waals surface area contributed by atoms with Gasteiger partial charge in [0.1, 0.15) is 18.1 Å². The quantitative estimate of drug-likeness (QED) is 0.250. The average Bonchev–Trinajstić information content (AvgIpc) is 3.67. The molecule has 0 spiro atoms. The fourth-order valence-electron chi connectivity index (χ4n) is 4.20. The fourth-order valence-corrected chi connectivity index (χ4v) is 5.10. The van der Waals surface area contributed by atoms with Gasteiger partial charge in [-0.05, 0) is 60.7 Å². The van der Waals surface area contributed by atoms with Gasteiger partial charge in [0, 0.05) is 22.9 Å². The third-order valence-electron chi connectivity index (χ3n) is 6.14. The summed E-state index contributed by atoms with van der Waals surface area (Å²) in [7, 11) is 1.41. The smallest absolute Gasteiger partial charge is 0.291 e. The summed E-state index contributed by atoms with van der Waals surface area (Å²) in [5, 5.41) is 9.16. The molecule has 6 aromatic rings. The lowest BCUT2D eigenvalue weighted by Gasteiger charge is -2.04. The second-order valence-electron chi connectivity index (χ2n) is 8.73. The maximum atomic E-state index is 14.6.